The molecule has 0 radical (unpaired) electrons. The third-order valence-corrected chi connectivity index (χ3v) is 7.44. The molecule has 1 N–H and O–H groups in total. The van der Waals surface area contributed by atoms with Crippen molar-refractivity contribution in [2.24, 2.45) is 0 Å². The zero-order chi connectivity index (χ0) is 23.9. The fourth-order valence-corrected chi connectivity index (χ4v) is 5.31. The molecule has 11 heteroatoms. The Morgan fingerprint density at radius 1 is 1.17 bits per heavy atom. The highest BCUT2D eigenvalue weighted by Crippen LogP contribution is 2.38. The van der Waals surface area contributed by atoms with Crippen molar-refractivity contribution in [1.29, 1.82) is 0 Å². The summed E-state index contributed by atoms with van der Waals surface area (Å²) in [5.74, 6) is 1.93. The fraction of sp³-hybridized carbons (Fsp3) is 0.208. The number of hydrogen-bond donors (Lipinski definition) is 1. The minimum Gasteiger partial charge on any atom is -0.496 e. The van der Waals surface area contributed by atoms with Gasteiger partial charge in [-0.05, 0) is 36.9 Å². The summed E-state index contributed by atoms with van der Waals surface area (Å²) in [6, 6.07) is 9.64. The van der Waals surface area contributed by atoms with Gasteiger partial charge in [0.25, 0.3) is 0 Å². The summed E-state index contributed by atoms with van der Waals surface area (Å²) in [7, 11) is 3.27. The van der Waals surface area contributed by atoms with Crippen LogP contribution in [0.25, 0.3) is 33.0 Å². The first-order chi connectivity index (χ1) is 17.1. The number of imidazole rings is 1. The second-order valence-electron chi connectivity index (χ2n) is 7.86. The highest BCUT2D eigenvalue weighted by Gasteiger charge is 2.25. The third-order valence-electron chi connectivity index (χ3n) is 5.49. The van der Waals surface area contributed by atoms with Crippen molar-refractivity contribution in [1.82, 2.24) is 19.6 Å². The highest BCUT2D eigenvalue weighted by atomic mass is 32.2. The van der Waals surface area contributed by atoms with E-state index in [1.54, 1.807) is 25.6 Å². The Balaban J connectivity index is 1.26. The number of thioether (sulfide) groups is 1. The molecule has 0 saturated heterocycles. The number of pyridine rings is 1. The lowest BCUT2D eigenvalue weighted by Crippen LogP contribution is -2.19. The van der Waals surface area contributed by atoms with Gasteiger partial charge in [0, 0.05) is 42.1 Å². The van der Waals surface area contributed by atoms with Gasteiger partial charge >= 0.3 is 0 Å². The van der Waals surface area contributed by atoms with Gasteiger partial charge in [-0.15, -0.1) is 11.3 Å². The molecule has 0 spiro atoms. The molecular weight excluding hydrogens is 486 g/mol. The van der Waals surface area contributed by atoms with Gasteiger partial charge in [-0.25, -0.2) is 14.6 Å². The molecular formula is C24H21N5O4S2. The largest absolute Gasteiger partial charge is 0.496 e. The average molecular weight is 508 g/mol. The number of aryl methyl sites for hydroxylation is 1. The maximum absolute atomic E-state index is 6.19. The molecule has 1 aliphatic rings. The summed E-state index contributed by atoms with van der Waals surface area (Å²) < 4.78 is 24.9. The van der Waals surface area contributed by atoms with Crippen LogP contribution in [0.3, 0.4) is 0 Å². The summed E-state index contributed by atoms with van der Waals surface area (Å²) >= 11 is 3.06. The van der Waals surface area contributed by atoms with Crippen molar-refractivity contribution < 1.29 is 18.6 Å². The molecule has 35 heavy (non-hydrogen) atoms. The molecule has 0 amide bonds. The Labute approximate surface area is 209 Å². The zero-order valence-electron chi connectivity index (χ0n) is 19.1. The highest BCUT2D eigenvalue weighted by molar-refractivity contribution is 7.99. The van der Waals surface area contributed by atoms with Crippen LogP contribution in [-0.4, -0.2) is 39.4 Å². The lowest BCUT2D eigenvalue weighted by atomic mass is 10.2. The predicted octanol–water partition coefficient (Wildman–Crippen LogP) is 5.29. The van der Waals surface area contributed by atoms with Crippen LogP contribution in [0, 0.1) is 6.92 Å². The molecule has 0 aliphatic carbocycles. The van der Waals surface area contributed by atoms with Crippen molar-refractivity contribution in [3.63, 3.8) is 0 Å². The van der Waals surface area contributed by atoms with E-state index >= 15 is 0 Å². The van der Waals surface area contributed by atoms with Gasteiger partial charge in [-0.1, -0.05) is 0 Å². The van der Waals surface area contributed by atoms with Crippen LogP contribution in [0.5, 0.6) is 11.5 Å². The standard InChI is InChI=1S/C24H21N5O4S2/c1-13-4-5-14(9-25-13)22-26-15(12-34-22)11-32-19-6-16(30-2)7-20-17(19)8-21(33-20)18-10-29-23(27-18)35-24(28-29)31-3/h4-10,12,24,28H,11H2,1-3H3. The summed E-state index contributed by atoms with van der Waals surface area (Å²) in [5, 5.41) is 4.55. The van der Waals surface area contributed by atoms with Crippen molar-refractivity contribution >= 4 is 34.1 Å². The van der Waals surface area contributed by atoms with E-state index in [2.05, 4.69) is 15.4 Å². The molecule has 5 heterocycles. The number of furan rings is 1. The molecule has 1 unspecified atom stereocenters. The maximum atomic E-state index is 6.19. The van der Waals surface area contributed by atoms with Gasteiger partial charge in [-0.3, -0.25) is 10.4 Å². The molecule has 0 fully saturated rings. The first-order valence-corrected chi connectivity index (χ1v) is 12.5. The maximum Gasteiger partial charge on any atom is 0.196 e. The Hall–Kier alpha value is -3.54. The smallest absolute Gasteiger partial charge is 0.196 e. The van der Waals surface area contributed by atoms with Gasteiger partial charge in [0.05, 0.1) is 24.4 Å². The molecule has 4 aromatic heterocycles. The summed E-state index contributed by atoms with van der Waals surface area (Å²) in [6.07, 6.45) is 3.72. The number of nitrogens with one attached hydrogen (secondary N) is 1. The molecule has 1 atom stereocenters. The van der Waals surface area contributed by atoms with Crippen LogP contribution >= 0.6 is 23.1 Å². The van der Waals surface area contributed by atoms with Crippen LogP contribution in [0.2, 0.25) is 0 Å². The predicted molar refractivity (Wildman–Crippen MR) is 134 cm³/mol. The van der Waals surface area contributed by atoms with E-state index in [0.717, 1.165) is 32.5 Å². The van der Waals surface area contributed by atoms with Crippen molar-refractivity contribution in [2.45, 2.75) is 24.2 Å². The molecule has 1 aliphatic heterocycles. The van der Waals surface area contributed by atoms with Crippen LogP contribution in [0.15, 0.2) is 57.7 Å². The SMILES string of the molecule is COc1cc(OCc2csc(-c3ccc(C)nc3)n2)c2cc(-c3cn4c(n3)SC(OC)N4)oc2c1. The molecule has 9 nitrogen and oxygen atoms in total. The molecule has 5 aromatic rings. The van der Waals surface area contributed by atoms with Crippen molar-refractivity contribution in [3.8, 4) is 33.5 Å². The van der Waals surface area contributed by atoms with E-state index in [1.807, 2.05) is 59.7 Å². The number of nitrogens with zero attached hydrogens (tertiary/aromatic N) is 4. The summed E-state index contributed by atoms with van der Waals surface area (Å²) in [4.78, 5) is 13.7. The Morgan fingerprint density at radius 2 is 2.09 bits per heavy atom. The number of hydrogen-bond acceptors (Lipinski definition) is 10. The van der Waals surface area contributed by atoms with E-state index < -0.39 is 0 Å². The van der Waals surface area contributed by atoms with Crippen LogP contribution in [-0.2, 0) is 11.3 Å². The second kappa shape index (κ2) is 8.91. The van der Waals surface area contributed by atoms with Gasteiger partial charge < -0.3 is 18.6 Å². The third kappa shape index (κ3) is 4.22. The topological polar surface area (TPSA) is 96.5 Å². The summed E-state index contributed by atoms with van der Waals surface area (Å²) in [5.41, 5.74) is 7.22. The molecule has 1 aromatic carbocycles. The normalized spacial score (nSPS) is 14.8. The molecule has 0 saturated carbocycles. The number of rotatable bonds is 7. The Morgan fingerprint density at radius 3 is 2.86 bits per heavy atom. The number of thiazole rings is 1. The Kier molecular flexibility index (Phi) is 5.59. The van der Waals surface area contributed by atoms with Gasteiger partial charge in [0.1, 0.15) is 34.4 Å². The lowest BCUT2D eigenvalue weighted by Gasteiger charge is -2.07. The quantitative estimate of drug-likeness (QED) is 0.315. The van der Waals surface area contributed by atoms with Crippen LogP contribution in [0.1, 0.15) is 11.4 Å². The number of fused-ring (bicyclic) bond motifs is 2. The van der Waals surface area contributed by atoms with Gasteiger partial charge in [0.15, 0.2) is 16.5 Å². The first kappa shape index (κ1) is 22.0. The van der Waals surface area contributed by atoms with Gasteiger partial charge in [0.2, 0.25) is 0 Å². The minimum atomic E-state index is -0.153. The average Bonchev–Trinajstić information content (AvgIpc) is 3.65. The Bertz CT molecular complexity index is 1480. The number of benzene rings is 1. The number of methoxy groups -OCH3 is 2. The molecule has 178 valence electrons. The van der Waals surface area contributed by atoms with E-state index in [4.69, 9.17) is 23.6 Å². The minimum absolute atomic E-state index is 0.153. The first-order valence-electron chi connectivity index (χ1n) is 10.8. The lowest BCUT2D eigenvalue weighted by molar-refractivity contribution is 0.187. The molecule has 6 rings (SSSR count). The van der Waals surface area contributed by atoms with Crippen LogP contribution in [0.4, 0.5) is 0 Å². The van der Waals surface area contributed by atoms with E-state index in [-0.39, 0.29) is 5.56 Å². The second-order valence-corrected chi connectivity index (χ2v) is 9.75. The molecule has 0 bridgehead atoms. The van der Waals surface area contributed by atoms with Crippen LogP contribution < -0.4 is 14.9 Å². The van der Waals surface area contributed by atoms with E-state index in [9.17, 15) is 0 Å². The van der Waals surface area contributed by atoms with Crippen molar-refractivity contribution in [3.05, 3.63) is 59.5 Å². The van der Waals surface area contributed by atoms with E-state index in [1.165, 1.54) is 11.8 Å². The number of ether oxygens (including phenoxy) is 3. The zero-order valence-corrected chi connectivity index (χ0v) is 20.8. The van der Waals surface area contributed by atoms with Gasteiger partial charge in [-0.2, -0.15) is 0 Å². The number of aromatic nitrogens is 4. The van der Waals surface area contributed by atoms with Crippen molar-refractivity contribution in [2.75, 3.05) is 19.6 Å². The monoisotopic (exact) mass is 507 g/mol. The van der Waals surface area contributed by atoms with E-state index in [0.29, 0.717) is 35.1 Å². The fourth-order valence-electron chi connectivity index (χ4n) is 3.69. The summed E-state index contributed by atoms with van der Waals surface area (Å²) in [6.45, 7) is 2.28.